The number of benzene rings is 1. The molecule has 24 heavy (non-hydrogen) atoms. The zero-order chi connectivity index (χ0) is 17.1. The normalized spacial score (nSPS) is 13.8. The zero-order valence-electron chi connectivity index (χ0n) is 12.5. The number of thioether (sulfide) groups is 1. The number of fused-ring (bicyclic) bond motifs is 1. The molecule has 1 aromatic carbocycles. The number of aromatic amines is 1. The number of nitrogens with one attached hydrogen (secondary N) is 3. The molecule has 3 N–H and O–H groups in total. The molecule has 128 valence electrons. The van der Waals surface area contributed by atoms with Gasteiger partial charge in [0.25, 0.3) is 5.91 Å². The number of anilines is 1. The second-order valence-corrected chi connectivity index (χ2v) is 6.67. The highest BCUT2D eigenvalue weighted by Crippen LogP contribution is 2.35. The Labute approximate surface area is 146 Å². The second kappa shape index (κ2) is 7.50. The van der Waals surface area contributed by atoms with Gasteiger partial charge in [0.15, 0.2) is 5.69 Å². The summed E-state index contributed by atoms with van der Waals surface area (Å²) in [6.45, 7) is 1.40. The van der Waals surface area contributed by atoms with Gasteiger partial charge in [0, 0.05) is 35.7 Å². The first-order valence-electron chi connectivity index (χ1n) is 7.34. The van der Waals surface area contributed by atoms with Crippen LogP contribution in [0.2, 0.25) is 5.02 Å². The lowest BCUT2D eigenvalue weighted by molar-refractivity contribution is 0.102. The van der Waals surface area contributed by atoms with Crippen LogP contribution < -0.4 is 10.6 Å². The van der Waals surface area contributed by atoms with Crippen LogP contribution in [0.4, 0.5) is 14.5 Å². The van der Waals surface area contributed by atoms with Crippen molar-refractivity contribution in [2.75, 3.05) is 17.6 Å². The van der Waals surface area contributed by atoms with E-state index in [4.69, 9.17) is 11.6 Å². The first kappa shape index (κ1) is 17.2. The van der Waals surface area contributed by atoms with E-state index in [1.165, 1.54) is 0 Å². The van der Waals surface area contributed by atoms with Gasteiger partial charge in [-0.25, -0.2) is 8.78 Å². The zero-order valence-corrected chi connectivity index (χ0v) is 14.1. The van der Waals surface area contributed by atoms with E-state index in [2.05, 4.69) is 20.8 Å². The Morgan fingerprint density at radius 3 is 3.08 bits per heavy atom. The van der Waals surface area contributed by atoms with Crippen LogP contribution in [-0.4, -0.2) is 34.8 Å². The number of carbonyl (C=O) groups excluding carboxylic acids is 1. The molecule has 0 saturated heterocycles. The molecule has 0 aliphatic carbocycles. The lowest BCUT2D eigenvalue weighted by Gasteiger charge is -2.14. The van der Waals surface area contributed by atoms with Gasteiger partial charge in [-0.1, -0.05) is 17.7 Å². The van der Waals surface area contributed by atoms with E-state index in [0.717, 1.165) is 36.0 Å². The molecule has 5 nitrogen and oxygen atoms in total. The second-order valence-electron chi connectivity index (χ2n) is 5.23. The van der Waals surface area contributed by atoms with Gasteiger partial charge in [0.05, 0.1) is 16.5 Å². The van der Waals surface area contributed by atoms with Crippen LogP contribution in [-0.2, 0) is 13.0 Å². The number of hydrogen-bond donors (Lipinski definition) is 3. The van der Waals surface area contributed by atoms with Gasteiger partial charge < -0.3 is 10.6 Å². The fourth-order valence-corrected chi connectivity index (χ4v) is 3.61. The Balaban J connectivity index is 1.82. The van der Waals surface area contributed by atoms with Gasteiger partial charge in [-0.15, -0.1) is 11.8 Å². The van der Waals surface area contributed by atoms with E-state index in [1.54, 1.807) is 18.2 Å². The first-order chi connectivity index (χ1) is 11.6. The Morgan fingerprint density at radius 1 is 1.46 bits per heavy atom. The van der Waals surface area contributed by atoms with Crippen molar-refractivity contribution < 1.29 is 13.6 Å². The molecule has 2 heterocycles. The van der Waals surface area contributed by atoms with E-state index < -0.39 is 18.1 Å². The molecular formula is C15H15ClF2N4OS. The van der Waals surface area contributed by atoms with Crippen molar-refractivity contribution in [3.05, 3.63) is 40.2 Å². The Morgan fingerprint density at radius 2 is 2.29 bits per heavy atom. The number of amides is 1. The van der Waals surface area contributed by atoms with Gasteiger partial charge in [-0.3, -0.25) is 9.89 Å². The highest BCUT2D eigenvalue weighted by molar-refractivity contribution is 7.99. The van der Waals surface area contributed by atoms with Gasteiger partial charge in [0.2, 0.25) is 6.43 Å². The summed E-state index contributed by atoms with van der Waals surface area (Å²) in [5, 5.41) is 13.2. The lowest BCUT2D eigenvalue weighted by Crippen LogP contribution is -2.25. The summed E-state index contributed by atoms with van der Waals surface area (Å²) in [5.41, 5.74) is 2.49. The smallest absolute Gasteiger partial charge is 0.276 e. The molecule has 0 bridgehead atoms. The molecule has 1 aromatic heterocycles. The third kappa shape index (κ3) is 3.71. The number of aromatic nitrogens is 2. The molecule has 1 aliphatic heterocycles. The van der Waals surface area contributed by atoms with Crippen molar-refractivity contribution in [3.8, 4) is 0 Å². The van der Waals surface area contributed by atoms with E-state index in [1.807, 2.05) is 0 Å². The van der Waals surface area contributed by atoms with Crippen molar-refractivity contribution in [1.29, 1.82) is 0 Å². The summed E-state index contributed by atoms with van der Waals surface area (Å²) in [6.07, 6.45) is -1.68. The van der Waals surface area contributed by atoms with Crippen molar-refractivity contribution in [3.63, 3.8) is 0 Å². The number of hydrogen-bond acceptors (Lipinski definition) is 4. The first-order valence-corrected chi connectivity index (χ1v) is 8.70. The summed E-state index contributed by atoms with van der Waals surface area (Å²) in [4.78, 5) is 13.0. The minimum atomic E-state index is -2.46. The molecule has 1 amide bonds. The monoisotopic (exact) mass is 372 g/mol. The van der Waals surface area contributed by atoms with Crippen LogP contribution >= 0.6 is 23.4 Å². The standard InChI is InChI=1S/C15H15ClF2N4OS/c16-9-2-1-3-11(14(9)24-7-12(17)18)20-15(23)13-8-6-19-5-4-10(8)21-22-13/h1-3,12,19H,4-7H2,(H,20,23)(H,21,22). The van der Waals surface area contributed by atoms with E-state index in [-0.39, 0.29) is 0 Å². The van der Waals surface area contributed by atoms with Crippen LogP contribution in [0.1, 0.15) is 21.7 Å². The van der Waals surface area contributed by atoms with Crippen molar-refractivity contribution >= 4 is 35.0 Å². The Kier molecular flexibility index (Phi) is 5.37. The number of halogens is 3. The molecule has 0 spiro atoms. The lowest BCUT2D eigenvalue weighted by atomic mass is 10.1. The number of rotatable bonds is 5. The predicted octanol–water partition coefficient (Wildman–Crippen LogP) is 3.32. The maximum absolute atomic E-state index is 12.5. The van der Waals surface area contributed by atoms with E-state index >= 15 is 0 Å². The Hall–Kier alpha value is -1.64. The van der Waals surface area contributed by atoms with Crippen LogP contribution in [0.3, 0.4) is 0 Å². The average Bonchev–Trinajstić information content (AvgIpc) is 2.98. The molecule has 9 heteroatoms. The fourth-order valence-electron chi connectivity index (χ4n) is 2.49. The maximum Gasteiger partial charge on any atom is 0.276 e. The van der Waals surface area contributed by atoms with Crippen molar-refractivity contribution in [1.82, 2.24) is 15.5 Å². The fraction of sp³-hybridized carbons (Fsp3) is 0.333. The summed E-state index contributed by atoms with van der Waals surface area (Å²) in [6, 6.07) is 4.90. The Bertz CT molecular complexity index is 753. The largest absolute Gasteiger partial charge is 0.319 e. The highest BCUT2D eigenvalue weighted by Gasteiger charge is 2.22. The molecule has 1 aliphatic rings. The summed E-state index contributed by atoms with van der Waals surface area (Å²) < 4.78 is 25.0. The van der Waals surface area contributed by atoms with Crippen molar-refractivity contribution in [2.45, 2.75) is 24.3 Å². The number of H-pyrrole nitrogens is 1. The molecule has 0 unspecified atom stereocenters. The molecule has 3 rings (SSSR count). The maximum atomic E-state index is 12.5. The third-order valence-corrected chi connectivity index (χ3v) is 5.16. The molecule has 2 aromatic rings. The number of alkyl halides is 2. The van der Waals surface area contributed by atoms with Crippen LogP contribution in [0.15, 0.2) is 23.1 Å². The predicted molar refractivity (Wildman–Crippen MR) is 90.1 cm³/mol. The molecular weight excluding hydrogens is 358 g/mol. The average molecular weight is 373 g/mol. The summed E-state index contributed by atoms with van der Waals surface area (Å²) in [7, 11) is 0. The minimum Gasteiger partial charge on any atom is -0.319 e. The molecule has 0 fully saturated rings. The van der Waals surface area contributed by atoms with E-state index in [9.17, 15) is 13.6 Å². The third-order valence-electron chi connectivity index (χ3n) is 3.59. The summed E-state index contributed by atoms with van der Waals surface area (Å²) in [5.74, 6) is -0.786. The number of carbonyl (C=O) groups is 1. The van der Waals surface area contributed by atoms with E-state index in [0.29, 0.717) is 27.8 Å². The van der Waals surface area contributed by atoms with Crippen LogP contribution in [0.5, 0.6) is 0 Å². The van der Waals surface area contributed by atoms with Gasteiger partial charge in [-0.2, -0.15) is 5.10 Å². The summed E-state index contributed by atoms with van der Waals surface area (Å²) >= 11 is 7.00. The minimum absolute atomic E-state index is 0.307. The quantitative estimate of drug-likeness (QED) is 0.704. The van der Waals surface area contributed by atoms with Crippen LogP contribution in [0, 0.1) is 0 Å². The topological polar surface area (TPSA) is 69.8 Å². The van der Waals surface area contributed by atoms with Gasteiger partial charge in [-0.05, 0) is 12.1 Å². The molecule has 0 radical (unpaired) electrons. The highest BCUT2D eigenvalue weighted by atomic mass is 35.5. The van der Waals surface area contributed by atoms with Gasteiger partial charge >= 0.3 is 0 Å². The van der Waals surface area contributed by atoms with Crippen molar-refractivity contribution in [2.24, 2.45) is 0 Å². The molecule has 0 atom stereocenters. The molecule has 0 saturated carbocycles. The van der Waals surface area contributed by atoms with Crippen LogP contribution in [0.25, 0.3) is 0 Å². The SMILES string of the molecule is O=C(Nc1cccc(Cl)c1SCC(F)F)c1n[nH]c2c1CNCC2. The van der Waals surface area contributed by atoms with Gasteiger partial charge in [0.1, 0.15) is 0 Å². The number of nitrogens with zero attached hydrogens (tertiary/aromatic N) is 1.